The molecule has 2 rings (SSSR count). The summed E-state index contributed by atoms with van der Waals surface area (Å²) in [6.45, 7) is 6.55. The first-order valence-electron chi connectivity index (χ1n) is 6.89. The predicted molar refractivity (Wildman–Crippen MR) is 93.3 cm³/mol. The highest BCUT2D eigenvalue weighted by atomic mass is 32.1. The van der Waals surface area contributed by atoms with E-state index in [2.05, 4.69) is 31.8 Å². The van der Waals surface area contributed by atoms with Crippen molar-refractivity contribution in [3.05, 3.63) is 53.7 Å². The van der Waals surface area contributed by atoms with Gasteiger partial charge in [0.2, 0.25) is 0 Å². The van der Waals surface area contributed by atoms with Crippen molar-refractivity contribution in [1.29, 1.82) is 0 Å². The van der Waals surface area contributed by atoms with Crippen LogP contribution in [0.5, 0.6) is 0 Å². The van der Waals surface area contributed by atoms with E-state index in [1.165, 1.54) is 5.56 Å². The van der Waals surface area contributed by atoms with Crippen LogP contribution in [-0.2, 0) is 5.41 Å². The lowest BCUT2D eigenvalue weighted by Gasteiger charge is -2.22. The summed E-state index contributed by atoms with van der Waals surface area (Å²) in [6, 6.07) is 12.0. The van der Waals surface area contributed by atoms with Crippen LogP contribution in [-0.4, -0.2) is 17.0 Å². The molecule has 0 amide bonds. The van der Waals surface area contributed by atoms with Gasteiger partial charge in [0.25, 0.3) is 0 Å². The molecule has 2 N–H and O–H groups in total. The van der Waals surface area contributed by atoms with Crippen molar-refractivity contribution < 1.29 is 0 Å². The highest BCUT2D eigenvalue weighted by Crippen LogP contribution is 2.26. The van der Waals surface area contributed by atoms with Gasteiger partial charge >= 0.3 is 0 Å². The first-order chi connectivity index (χ1) is 9.79. The third kappa shape index (κ3) is 3.58. The molecule has 0 aliphatic carbocycles. The standard InChI is InChI=1S/C17H21N3S/c1-17(2,3)13-7-10-15(19-11-13)20(4)14-8-5-12(6-9-14)16(18)21/h5-11H,1-4H3,(H2,18,21). The molecular formula is C17H21N3S. The number of benzene rings is 1. The Balaban J connectivity index is 2.23. The number of hydrogen-bond acceptors (Lipinski definition) is 3. The molecular weight excluding hydrogens is 278 g/mol. The summed E-state index contributed by atoms with van der Waals surface area (Å²) >= 11 is 4.97. The number of nitrogens with two attached hydrogens (primary N) is 1. The normalized spacial score (nSPS) is 11.2. The van der Waals surface area contributed by atoms with Crippen molar-refractivity contribution in [2.45, 2.75) is 26.2 Å². The summed E-state index contributed by atoms with van der Waals surface area (Å²) < 4.78 is 0. The number of nitrogens with zero attached hydrogens (tertiary/aromatic N) is 2. The van der Waals surface area contributed by atoms with Crippen LogP contribution in [0.4, 0.5) is 11.5 Å². The Hall–Kier alpha value is -1.94. The van der Waals surface area contributed by atoms with Gasteiger partial charge in [0.15, 0.2) is 0 Å². The number of aromatic nitrogens is 1. The second-order valence-corrected chi connectivity index (χ2v) is 6.57. The van der Waals surface area contributed by atoms with Crippen molar-refractivity contribution >= 4 is 28.7 Å². The third-order valence-electron chi connectivity index (χ3n) is 3.50. The average Bonchev–Trinajstić information content (AvgIpc) is 2.46. The average molecular weight is 299 g/mol. The van der Waals surface area contributed by atoms with Gasteiger partial charge in [-0.25, -0.2) is 4.98 Å². The van der Waals surface area contributed by atoms with E-state index in [1.807, 2.05) is 48.5 Å². The molecule has 2 aromatic rings. The fraction of sp³-hybridized carbons (Fsp3) is 0.294. The number of thiocarbonyl (C=S) groups is 1. The Kier molecular flexibility index (Phi) is 4.28. The zero-order valence-electron chi connectivity index (χ0n) is 12.9. The van der Waals surface area contributed by atoms with Crippen LogP contribution in [0.2, 0.25) is 0 Å². The van der Waals surface area contributed by atoms with E-state index in [1.54, 1.807) is 0 Å². The van der Waals surface area contributed by atoms with Crippen LogP contribution in [0.25, 0.3) is 0 Å². The van der Waals surface area contributed by atoms with Gasteiger partial charge in [-0.3, -0.25) is 0 Å². The number of hydrogen-bond donors (Lipinski definition) is 1. The lowest BCUT2D eigenvalue weighted by molar-refractivity contribution is 0.587. The molecule has 21 heavy (non-hydrogen) atoms. The molecule has 1 aromatic heterocycles. The number of anilines is 2. The van der Waals surface area contributed by atoms with E-state index in [0.717, 1.165) is 17.1 Å². The quantitative estimate of drug-likeness (QED) is 0.876. The monoisotopic (exact) mass is 299 g/mol. The SMILES string of the molecule is CN(c1ccc(C(N)=S)cc1)c1ccc(C(C)(C)C)cn1. The zero-order chi connectivity index (χ0) is 15.6. The maximum atomic E-state index is 5.61. The predicted octanol–water partition coefficient (Wildman–Crippen LogP) is 3.78. The molecule has 0 saturated carbocycles. The van der Waals surface area contributed by atoms with Crippen molar-refractivity contribution in [3.63, 3.8) is 0 Å². The van der Waals surface area contributed by atoms with Gasteiger partial charge in [0.1, 0.15) is 10.8 Å². The van der Waals surface area contributed by atoms with Crippen LogP contribution in [0.1, 0.15) is 31.9 Å². The van der Waals surface area contributed by atoms with E-state index in [4.69, 9.17) is 18.0 Å². The molecule has 0 unspecified atom stereocenters. The lowest BCUT2D eigenvalue weighted by Crippen LogP contribution is -2.15. The molecule has 0 bridgehead atoms. The lowest BCUT2D eigenvalue weighted by atomic mass is 9.88. The summed E-state index contributed by atoms with van der Waals surface area (Å²) in [6.07, 6.45) is 1.94. The van der Waals surface area contributed by atoms with Gasteiger partial charge in [-0.05, 0) is 41.3 Å². The summed E-state index contributed by atoms with van der Waals surface area (Å²) in [5, 5.41) is 0. The maximum Gasteiger partial charge on any atom is 0.132 e. The second-order valence-electron chi connectivity index (χ2n) is 6.13. The van der Waals surface area contributed by atoms with Crippen LogP contribution in [0.3, 0.4) is 0 Å². The largest absolute Gasteiger partial charge is 0.389 e. The smallest absolute Gasteiger partial charge is 0.132 e. The fourth-order valence-corrected chi connectivity index (χ4v) is 2.15. The minimum absolute atomic E-state index is 0.114. The van der Waals surface area contributed by atoms with E-state index in [-0.39, 0.29) is 5.41 Å². The van der Waals surface area contributed by atoms with Crippen molar-refractivity contribution in [1.82, 2.24) is 4.98 Å². The summed E-state index contributed by atoms with van der Waals surface area (Å²) in [5.74, 6) is 0.908. The first kappa shape index (κ1) is 15.4. The van der Waals surface area contributed by atoms with E-state index in [0.29, 0.717) is 4.99 Å². The topological polar surface area (TPSA) is 42.1 Å². The first-order valence-corrected chi connectivity index (χ1v) is 7.30. The third-order valence-corrected chi connectivity index (χ3v) is 3.73. The molecule has 1 heterocycles. The Labute approximate surface area is 131 Å². The van der Waals surface area contributed by atoms with Crippen molar-refractivity contribution in [2.24, 2.45) is 5.73 Å². The fourth-order valence-electron chi connectivity index (χ4n) is 2.01. The van der Waals surface area contributed by atoms with E-state index < -0.39 is 0 Å². The Morgan fingerprint density at radius 3 is 2.14 bits per heavy atom. The molecule has 0 aliphatic heterocycles. The summed E-state index contributed by atoms with van der Waals surface area (Å²) in [7, 11) is 1.99. The Bertz CT molecular complexity index is 625. The molecule has 1 aromatic carbocycles. The van der Waals surface area contributed by atoms with Gasteiger partial charge < -0.3 is 10.6 Å². The highest BCUT2D eigenvalue weighted by Gasteiger charge is 2.14. The highest BCUT2D eigenvalue weighted by molar-refractivity contribution is 7.80. The Morgan fingerprint density at radius 1 is 1.10 bits per heavy atom. The number of pyridine rings is 1. The molecule has 110 valence electrons. The minimum atomic E-state index is 0.114. The molecule has 0 atom stereocenters. The minimum Gasteiger partial charge on any atom is -0.389 e. The molecule has 0 saturated heterocycles. The van der Waals surface area contributed by atoms with Gasteiger partial charge in [-0.2, -0.15) is 0 Å². The number of rotatable bonds is 3. The molecule has 0 fully saturated rings. The van der Waals surface area contributed by atoms with Crippen LogP contribution >= 0.6 is 12.2 Å². The molecule has 4 heteroatoms. The maximum absolute atomic E-state index is 5.61. The van der Waals surface area contributed by atoms with Gasteiger partial charge in [-0.1, -0.05) is 39.1 Å². The molecule has 0 radical (unpaired) electrons. The van der Waals surface area contributed by atoms with Crippen LogP contribution in [0, 0.1) is 0 Å². The summed E-state index contributed by atoms with van der Waals surface area (Å²) in [4.78, 5) is 7.01. The van der Waals surface area contributed by atoms with Gasteiger partial charge in [0.05, 0.1) is 0 Å². The summed E-state index contributed by atoms with van der Waals surface area (Å²) in [5.41, 5.74) is 8.87. The second kappa shape index (κ2) is 5.82. The van der Waals surface area contributed by atoms with E-state index in [9.17, 15) is 0 Å². The van der Waals surface area contributed by atoms with Crippen molar-refractivity contribution in [2.75, 3.05) is 11.9 Å². The molecule has 3 nitrogen and oxygen atoms in total. The van der Waals surface area contributed by atoms with Gasteiger partial charge in [-0.15, -0.1) is 0 Å². The molecule has 0 spiro atoms. The van der Waals surface area contributed by atoms with Crippen molar-refractivity contribution in [3.8, 4) is 0 Å². The molecule has 0 aliphatic rings. The zero-order valence-corrected chi connectivity index (χ0v) is 13.7. The van der Waals surface area contributed by atoms with Gasteiger partial charge in [0, 0.05) is 24.5 Å². The van der Waals surface area contributed by atoms with E-state index >= 15 is 0 Å². The Morgan fingerprint density at radius 2 is 1.71 bits per heavy atom. The van der Waals surface area contributed by atoms with Crippen LogP contribution in [0.15, 0.2) is 42.6 Å². The van der Waals surface area contributed by atoms with Crippen LogP contribution < -0.4 is 10.6 Å².